The second kappa shape index (κ2) is 6.91. The molecule has 21 heavy (non-hydrogen) atoms. The number of anilines is 1. The third-order valence-corrected chi connectivity index (χ3v) is 3.92. The third kappa shape index (κ3) is 3.54. The van der Waals surface area contributed by atoms with Crippen LogP contribution < -0.4 is 21.3 Å². The summed E-state index contributed by atoms with van der Waals surface area (Å²) in [6.07, 6.45) is 0. The number of nitrogens with two attached hydrogens (primary N) is 1. The molecular weight excluding hydrogens is 336 g/mol. The lowest BCUT2D eigenvalue weighted by Crippen LogP contribution is -2.58. The van der Waals surface area contributed by atoms with E-state index in [0.717, 1.165) is 11.0 Å². The van der Waals surface area contributed by atoms with Crippen LogP contribution in [0, 0.1) is 0 Å². The van der Waals surface area contributed by atoms with Gasteiger partial charge in [0.15, 0.2) is 0 Å². The van der Waals surface area contributed by atoms with Crippen LogP contribution in [0.4, 0.5) is 5.69 Å². The summed E-state index contributed by atoms with van der Waals surface area (Å²) in [5.74, 6) is -0.553. The van der Waals surface area contributed by atoms with Crippen molar-refractivity contribution in [1.29, 1.82) is 0 Å². The molecule has 6 nitrogen and oxygen atoms in total. The molecule has 0 bridgehead atoms. The number of benzene rings is 1. The number of piperazine rings is 1. The van der Waals surface area contributed by atoms with Gasteiger partial charge in [0.2, 0.25) is 5.91 Å². The maximum absolute atomic E-state index is 12.2. The first kappa shape index (κ1) is 15.8. The summed E-state index contributed by atoms with van der Waals surface area (Å²) in [6.45, 7) is 4.40. The number of hydrogen-bond donors (Lipinski definition) is 3. The Hall–Kier alpha value is -1.60. The van der Waals surface area contributed by atoms with Gasteiger partial charge in [-0.3, -0.25) is 9.59 Å². The number of primary amides is 1. The second-order valence-corrected chi connectivity index (χ2v) is 5.75. The Bertz CT molecular complexity index is 550. The molecule has 1 aromatic carbocycles. The van der Waals surface area contributed by atoms with Gasteiger partial charge in [-0.1, -0.05) is 15.9 Å². The zero-order valence-electron chi connectivity index (χ0n) is 11.9. The van der Waals surface area contributed by atoms with E-state index in [1.54, 1.807) is 6.07 Å². The van der Waals surface area contributed by atoms with Gasteiger partial charge in [0.25, 0.3) is 5.91 Å². The summed E-state index contributed by atoms with van der Waals surface area (Å²) >= 11 is 3.34. The Morgan fingerprint density at radius 2 is 2.29 bits per heavy atom. The molecule has 1 aliphatic rings. The number of amides is 2. The number of carbonyl (C=O) groups excluding carboxylic acids is 2. The predicted octanol–water partition coefficient (Wildman–Crippen LogP) is 0.462. The summed E-state index contributed by atoms with van der Waals surface area (Å²) in [7, 11) is 0. The zero-order chi connectivity index (χ0) is 15.4. The van der Waals surface area contributed by atoms with E-state index in [4.69, 9.17) is 5.73 Å². The van der Waals surface area contributed by atoms with Gasteiger partial charge in [0.1, 0.15) is 6.04 Å². The van der Waals surface area contributed by atoms with Crippen molar-refractivity contribution in [3.63, 3.8) is 0 Å². The van der Waals surface area contributed by atoms with Gasteiger partial charge < -0.3 is 21.3 Å². The highest BCUT2D eigenvalue weighted by Gasteiger charge is 2.30. The number of carbonyl (C=O) groups is 2. The summed E-state index contributed by atoms with van der Waals surface area (Å²) < 4.78 is 0.782. The van der Waals surface area contributed by atoms with Crippen molar-refractivity contribution < 1.29 is 9.59 Å². The summed E-state index contributed by atoms with van der Waals surface area (Å²) in [5.41, 5.74) is 6.58. The highest BCUT2D eigenvalue weighted by molar-refractivity contribution is 9.10. The van der Waals surface area contributed by atoms with Crippen LogP contribution in [0.2, 0.25) is 0 Å². The Morgan fingerprint density at radius 1 is 1.52 bits per heavy atom. The second-order valence-electron chi connectivity index (χ2n) is 4.83. The number of rotatable bonds is 4. The molecule has 2 rings (SSSR count). The average molecular weight is 355 g/mol. The van der Waals surface area contributed by atoms with Crippen LogP contribution in [0.15, 0.2) is 22.7 Å². The van der Waals surface area contributed by atoms with Crippen molar-refractivity contribution in [2.45, 2.75) is 13.0 Å². The van der Waals surface area contributed by atoms with Crippen molar-refractivity contribution in [2.75, 3.05) is 31.1 Å². The largest absolute Gasteiger partial charge is 0.366 e. The topological polar surface area (TPSA) is 87.5 Å². The lowest BCUT2D eigenvalue weighted by molar-refractivity contribution is -0.122. The summed E-state index contributed by atoms with van der Waals surface area (Å²) in [6, 6.07) is 5.01. The van der Waals surface area contributed by atoms with Crippen LogP contribution in [0.5, 0.6) is 0 Å². The van der Waals surface area contributed by atoms with Gasteiger partial charge in [-0.15, -0.1) is 0 Å². The van der Waals surface area contributed by atoms with Gasteiger partial charge in [0, 0.05) is 30.7 Å². The zero-order valence-corrected chi connectivity index (χ0v) is 13.4. The molecule has 114 valence electrons. The minimum atomic E-state index is -0.500. The van der Waals surface area contributed by atoms with Crippen molar-refractivity contribution >= 4 is 33.4 Å². The number of nitrogens with one attached hydrogen (secondary N) is 2. The number of halogens is 1. The molecule has 1 aromatic rings. The first-order chi connectivity index (χ1) is 10.0. The van der Waals surface area contributed by atoms with E-state index in [9.17, 15) is 9.59 Å². The fourth-order valence-corrected chi connectivity index (χ4v) is 2.84. The molecule has 1 aliphatic heterocycles. The molecular formula is C14H19BrN4O2. The van der Waals surface area contributed by atoms with Crippen molar-refractivity contribution in [1.82, 2.24) is 10.6 Å². The molecule has 0 radical (unpaired) electrons. The van der Waals surface area contributed by atoms with E-state index in [1.807, 2.05) is 24.0 Å². The molecule has 1 saturated heterocycles. The third-order valence-electron chi connectivity index (χ3n) is 3.43. The van der Waals surface area contributed by atoms with Crippen molar-refractivity contribution in [2.24, 2.45) is 5.73 Å². The fourth-order valence-electron chi connectivity index (χ4n) is 2.48. The SMILES string of the molecule is CCNC(=O)C1CNCCN1c1ccc(Br)cc1C(N)=O. The summed E-state index contributed by atoms with van der Waals surface area (Å²) in [5, 5.41) is 6.04. The quantitative estimate of drug-likeness (QED) is 0.733. The van der Waals surface area contributed by atoms with E-state index < -0.39 is 5.91 Å². The first-order valence-electron chi connectivity index (χ1n) is 6.89. The molecule has 7 heteroatoms. The molecule has 1 heterocycles. The molecule has 4 N–H and O–H groups in total. The minimum Gasteiger partial charge on any atom is -0.366 e. The Balaban J connectivity index is 2.37. The van der Waals surface area contributed by atoms with Crippen LogP contribution >= 0.6 is 15.9 Å². The van der Waals surface area contributed by atoms with Gasteiger partial charge >= 0.3 is 0 Å². The highest BCUT2D eigenvalue weighted by Crippen LogP contribution is 2.26. The van der Waals surface area contributed by atoms with E-state index >= 15 is 0 Å². The molecule has 1 atom stereocenters. The molecule has 0 aromatic heterocycles. The van der Waals surface area contributed by atoms with Crippen molar-refractivity contribution in [3.8, 4) is 0 Å². The lowest BCUT2D eigenvalue weighted by Gasteiger charge is -2.37. The Morgan fingerprint density at radius 3 is 2.95 bits per heavy atom. The molecule has 1 fully saturated rings. The molecule has 2 amide bonds. The minimum absolute atomic E-state index is 0.0527. The van der Waals surface area contributed by atoms with E-state index in [1.165, 1.54) is 0 Å². The molecule has 1 unspecified atom stereocenters. The summed E-state index contributed by atoms with van der Waals surface area (Å²) in [4.78, 5) is 25.8. The monoisotopic (exact) mass is 354 g/mol. The maximum Gasteiger partial charge on any atom is 0.250 e. The molecule has 0 aliphatic carbocycles. The normalized spacial score (nSPS) is 18.4. The average Bonchev–Trinajstić information content (AvgIpc) is 2.47. The Labute approximate surface area is 132 Å². The number of hydrogen-bond acceptors (Lipinski definition) is 4. The van der Waals surface area contributed by atoms with E-state index in [2.05, 4.69) is 26.6 Å². The molecule has 0 saturated carbocycles. The highest BCUT2D eigenvalue weighted by atomic mass is 79.9. The van der Waals surface area contributed by atoms with E-state index in [-0.39, 0.29) is 11.9 Å². The van der Waals surface area contributed by atoms with Crippen LogP contribution in [0.25, 0.3) is 0 Å². The van der Waals surface area contributed by atoms with Crippen molar-refractivity contribution in [3.05, 3.63) is 28.2 Å². The van der Waals surface area contributed by atoms with Gasteiger partial charge in [0.05, 0.1) is 11.3 Å². The molecule has 0 spiro atoms. The van der Waals surface area contributed by atoms with Crippen LogP contribution in [-0.4, -0.2) is 44.0 Å². The lowest BCUT2D eigenvalue weighted by atomic mass is 10.1. The predicted molar refractivity (Wildman–Crippen MR) is 85.3 cm³/mol. The van der Waals surface area contributed by atoms with Gasteiger partial charge in [-0.2, -0.15) is 0 Å². The van der Waals surface area contributed by atoms with Gasteiger partial charge in [-0.25, -0.2) is 0 Å². The van der Waals surface area contributed by atoms with Gasteiger partial charge in [-0.05, 0) is 25.1 Å². The number of likely N-dealkylation sites (N-methyl/N-ethyl adjacent to an activating group) is 1. The fraction of sp³-hybridized carbons (Fsp3) is 0.429. The van der Waals surface area contributed by atoms with Crippen LogP contribution in [-0.2, 0) is 4.79 Å². The Kier molecular flexibility index (Phi) is 5.19. The smallest absolute Gasteiger partial charge is 0.250 e. The first-order valence-corrected chi connectivity index (χ1v) is 7.68. The maximum atomic E-state index is 12.2. The van der Waals surface area contributed by atoms with Crippen LogP contribution in [0.3, 0.4) is 0 Å². The van der Waals surface area contributed by atoms with Crippen LogP contribution in [0.1, 0.15) is 17.3 Å². The number of nitrogens with zero attached hydrogens (tertiary/aromatic N) is 1. The standard InChI is InChI=1S/C14H19BrN4O2/c1-2-18-14(21)12-8-17-5-6-19(12)11-4-3-9(15)7-10(11)13(16)20/h3-4,7,12,17H,2,5-6,8H2,1H3,(H2,16,20)(H,18,21). The van der Waals surface area contributed by atoms with E-state index in [0.29, 0.717) is 30.9 Å².